The van der Waals surface area contributed by atoms with Crippen molar-refractivity contribution in [3.63, 3.8) is 0 Å². The molecule has 1 heterocycles. The monoisotopic (exact) mass is 536 g/mol. The Kier molecular flexibility index (Phi) is 8.10. The molecule has 0 fully saturated rings. The number of anilines is 1. The lowest BCUT2D eigenvalue weighted by Gasteiger charge is -2.09. The standard InChI is InChI=1S/C21H21BrN4O4S2/c1-2-12-32(29,30)17-9-4-3-8-16(17)20(28)24-21-26-25-18(31-21)10-11-23-19(27)14-6-5-7-15(22)13-14/h3-9,13H,2,10-12H2,1H3,(H,23,27)(H,24,26,28). The van der Waals surface area contributed by atoms with Crippen molar-refractivity contribution in [1.82, 2.24) is 15.5 Å². The summed E-state index contributed by atoms with van der Waals surface area (Å²) >= 11 is 4.50. The smallest absolute Gasteiger partial charge is 0.258 e. The molecule has 0 unspecified atom stereocenters. The van der Waals surface area contributed by atoms with Crippen LogP contribution in [0, 0.1) is 0 Å². The Morgan fingerprint density at radius 2 is 1.84 bits per heavy atom. The van der Waals surface area contributed by atoms with Gasteiger partial charge in [0, 0.05) is 23.0 Å². The maximum atomic E-state index is 12.7. The van der Waals surface area contributed by atoms with Gasteiger partial charge in [-0.25, -0.2) is 8.42 Å². The molecule has 0 atom stereocenters. The lowest BCUT2D eigenvalue weighted by molar-refractivity contribution is 0.0953. The Morgan fingerprint density at radius 1 is 1.06 bits per heavy atom. The van der Waals surface area contributed by atoms with Gasteiger partial charge in [0.05, 0.1) is 16.2 Å². The van der Waals surface area contributed by atoms with Gasteiger partial charge in [0.2, 0.25) is 5.13 Å². The number of hydrogen-bond donors (Lipinski definition) is 2. The third kappa shape index (κ3) is 6.21. The first-order chi connectivity index (χ1) is 15.3. The molecule has 0 aliphatic carbocycles. The van der Waals surface area contributed by atoms with Gasteiger partial charge in [0.1, 0.15) is 5.01 Å². The van der Waals surface area contributed by atoms with Gasteiger partial charge in [0.25, 0.3) is 11.8 Å². The van der Waals surface area contributed by atoms with E-state index in [0.717, 1.165) is 4.47 Å². The van der Waals surface area contributed by atoms with Crippen LogP contribution in [0.25, 0.3) is 0 Å². The van der Waals surface area contributed by atoms with Crippen molar-refractivity contribution < 1.29 is 18.0 Å². The average molecular weight is 537 g/mol. The zero-order valence-electron chi connectivity index (χ0n) is 17.2. The Balaban J connectivity index is 1.60. The Hall–Kier alpha value is -2.63. The highest BCUT2D eigenvalue weighted by atomic mass is 79.9. The topological polar surface area (TPSA) is 118 Å². The highest BCUT2D eigenvalue weighted by Crippen LogP contribution is 2.21. The maximum absolute atomic E-state index is 12.7. The van der Waals surface area contributed by atoms with Crippen molar-refractivity contribution in [1.29, 1.82) is 0 Å². The van der Waals surface area contributed by atoms with Gasteiger partial charge in [0.15, 0.2) is 9.84 Å². The number of halogens is 1. The normalized spacial score (nSPS) is 11.2. The van der Waals surface area contributed by atoms with Crippen LogP contribution < -0.4 is 10.6 Å². The summed E-state index contributed by atoms with van der Waals surface area (Å²) in [4.78, 5) is 24.9. The minimum atomic E-state index is -3.56. The molecule has 0 aliphatic heterocycles. The van der Waals surface area contributed by atoms with Gasteiger partial charge in [-0.2, -0.15) is 0 Å². The molecule has 0 spiro atoms. The number of rotatable bonds is 9. The maximum Gasteiger partial charge on any atom is 0.258 e. The minimum Gasteiger partial charge on any atom is -0.352 e. The number of carbonyl (C=O) groups is 2. The second kappa shape index (κ2) is 10.8. The van der Waals surface area contributed by atoms with Gasteiger partial charge in [-0.1, -0.05) is 52.4 Å². The van der Waals surface area contributed by atoms with Gasteiger partial charge < -0.3 is 5.32 Å². The van der Waals surface area contributed by atoms with Gasteiger partial charge in [-0.15, -0.1) is 10.2 Å². The van der Waals surface area contributed by atoms with Crippen molar-refractivity contribution in [2.45, 2.75) is 24.7 Å². The number of aromatic nitrogens is 2. The first-order valence-electron chi connectivity index (χ1n) is 9.79. The molecule has 8 nitrogen and oxygen atoms in total. The molecule has 2 amide bonds. The van der Waals surface area contributed by atoms with Gasteiger partial charge in [-0.05, 0) is 36.8 Å². The molecule has 3 aromatic rings. The number of nitrogens with zero attached hydrogens (tertiary/aromatic N) is 2. The number of benzene rings is 2. The second-order valence-electron chi connectivity index (χ2n) is 6.79. The van der Waals surface area contributed by atoms with Crippen LogP contribution in [0.5, 0.6) is 0 Å². The summed E-state index contributed by atoms with van der Waals surface area (Å²) in [7, 11) is -3.56. The Bertz CT molecular complexity index is 1230. The van der Waals surface area contributed by atoms with Crippen LogP contribution in [-0.4, -0.2) is 42.7 Å². The lowest BCUT2D eigenvalue weighted by atomic mass is 10.2. The largest absolute Gasteiger partial charge is 0.352 e. The molecule has 0 saturated heterocycles. The molecule has 11 heteroatoms. The fraction of sp³-hybridized carbons (Fsp3) is 0.238. The molecule has 2 aromatic carbocycles. The summed E-state index contributed by atoms with van der Waals surface area (Å²) in [6.45, 7) is 2.12. The zero-order valence-corrected chi connectivity index (χ0v) is 20.4. The summed E-state index contributed by atoms with van der Waals surface area (Å²) in [6.07, 6.45) is 0.894. The lowest BCUT2D eigenvalue weighted by Crippen LogP contribution is -2.25. The molecule has 0 bridgehead atoms. The van der Waals surface area contributed by atoms with E-state index in [1.807, 2.05) is 6.07 Å². The third-order valence-electron chi connectivity index (χ3n) is 4.34. The highest BCUT2D eigenvalue weighted by molar-refractivity contribution is 9.10. The van der Waals surface area contributed by atoms with Crippen LogP contribution >= 0.6 is 27.3 Å². The Labute approximate surface area is 198 Å². The number of nitrogens with one attached hydrogen (secondary N) is 2. The van der Waals surface area contributed by atoms with Crippen LogP contribution in [0.1, 0.15) is 39.1 Å². The van der Waals surface area contributed by atoms with Crippen LogP contribution in [0.2, 0.25) is 0 Å². The SMILES string of the molecule is CCCS(=O)(=O)c1ccccc1C(=O)Nc1nnc(CCNC(=O)c2cccc(Br)c2)s1. The average Bonchev–Trinajstić information content (AvgIpc) is 3.20. The molecular formula is C21H21BrN4O4S2. The van der Waals surface area contributed by atoms with E-state index in [9.17, 15) is 18.0 Å². The van der Waals surface area contributed by atoms with Gasteiger partial charge in [-0.3, -0.25) is 14.9 Å². The summed E-state index contributed by atoms with van der Waals surface area (Å²) in [5.74, 6) is -0.800. The first-order valence-corrected chi connectivity index (χ1v) is 13.1. The van der Waals surface area contributed by atoms with Crippen LogP contribution in [0.3, 0.4) is 0 Å². The molecule has 168 valence electrons. The molecular weight excluding hydrogens is 516 g/mol. The van der Waals surface area contributed by atoms with E-state index in [1.54, 1.807) is 37.3 Å². The van der Waals surface area contributed by atoms with Crippen LogP contribution in [0.4, 0.5) is 5.13 Å². The van der Waals surface area contributed by atoms with Crippen LogP contribution in [0.15, 0.2) is 57.9 Å². The van der Waals surface area contributed by atoms with Crippen molar-refractivity contribution in [3.8, 4) is 0 Å². The van der Waals surface area contributed by atoms with E-state index in [1.165, 1.54) is 23.5 Å². The first kappa shape index (κ1) is 24.0. The quantitative estimate of drug-likeness (QED) is 0.430. The van der Waals surface area contributed by atoms with Crippen molar-refractivity contribution in [3.05, 3.63) is 69.1 Å². The minimum absolute atomic E-state index is 0.000602. The van der Waals surface area contributed by atoms with E-state index >= 15 is 0 Å². The van der Waals surface area contributed by atoms with E-state index in [2.05, 4.69) is 36.8 Å². The van der Waals surface area contributed by atoms with E-state index in [4.69, 9.17) is 0 Å². The van der Waals surface area contributed by atoms with E-state index < -0.39 is 15.7 Å². The molecule has 3 rings (SSSR count). The Morgan fingerprint density at radius 3 is 2.59 bits per heavy atom. The zero-order chi connectivity index (χ0) is 23.1. The summed E-state index contributed by atoms with van der Waals surface area (Å²) in [5.41, 5.74) is 0.611. The molecule has 0 aliphatic rings. The van der Waals surface area contributed by atoms with E-state index in [0.29, 0.717) is 30.0 Å². The van der Waals surface area contributed by atoms with E-state index in [-0.39, 0.29) is 27.3 Å². The van der Waals surface area contributed by atoms with Crippen LogP contribution in [-0.2, 0) is 16.3 Å². The number of sulfone groups is 1. The summed E-state index contributed by atoms with van der Waals surface area (Å²) < 4.78 is 25.8. The van der Waals surface area contributed by atoms with Gasteiger partial charge >= 0.3 is 0 Å². The molecule has 0 saturated carbocycles. The molecule has 2 N–H and O–H groups in total. The fourth-order valence-corrected chi connectivity index (χ4v) is 5.56. The van der Waals surface area contributed by atoms with Crippen molar-refractivity contribution in [2.24, 2.45) is 0 Å². The fourth-order valence-electron chi connectivity index (χ4n) is 2.89. The third-order valence-corrected chi connectivity index (χ3v) is 7.70. The predicted molar refractivity (Wildman–Crippen MR) is 127 cm³/mol. The molecule has 1 aromatic heterocycles. The van der Waals surface area contributed by atoms with Crippen molar-refractivity contribution in [2.75, 3.05) is 17.6 Å². The summed E-state index contributed by atoms with van der Waals surface area (Å²) in [5, 5.41) is 14.3. The number of amides is 2. The highest BCUT2D eigenvalue weighted by Gasteiger charge is 2.22. The summed E-state index contributed by atoms with van der Waals surface area (Å²) in [6, 6.07) is 13.2. The number of hydrogen-bond acceptors (Lipinski definition) is 7. The predicted octanol–water partition coefficient (Wildman–Crippen LogP) is 3.71. The van der Waals surface area contributed by atoms with Crippen molar-refractivity contribution >= 4 is 54.0 Å². The molecule has 0 radical (unpaired) electrons. The second-order valence-corrected chi connectivity index (χ2v) is 10.8. The number of carbonyl (C=O) groups excluding carboxylic acids is 2. The molecule has 32 heavy (non-hydrogen) atoms.